The van der Waals surface area contributed by atoms with Crippen LogP contribution in [-0.4, -0.2) is 64.2 Å². The molecule has 3 aliphatic rings. The van der Waals surface area contributed by atoms with Gasteiger partial charge in [-0.25, -0.2) is 14.8 Å². The summed E-state index contributed by atoms with van der Waals surface area (Å²) >= 11 is 0. The lowest BCUT2D eigenvalue weighted by atomic mass is 9.83. The van der Waals surface area contributed by atoms with Crippen LogP contribution in [0.25, 0.3) is 0 Å². The lowest BCUT2D eigenvalue weighted by molar-refractivity contribution is -0.137. The van der Waals surface area contributed by atoms with Gasteiger partial charge >= 0.3 is 12.0 Å². The van der Waals surface area contributed by atoms with E-state index in [1.165, 1.54) is 5.56 Å². The number of hydrogen-bond donors (Lipinski definition) is 2. The number of nitrogens with zero attached hydrogens (tertiary/aromatic N) is 4. The van der Waals surface area contributed by atoms with Crippen LogP contribution < -0.4 is 10.2 Å². The van der Waals surface area contributed by atoms with Crippen LogP contribution in [-0.2, 0) is 17.6 Å². The summed E-state index contributed by atoms with van der Waals surface area (Å²) in [6.45, 7) is 3.20. The Morgan fingerprint density at radius 2 is 1.93 bits per heavy atom. The number of aliphatic carboxylic acids is 1. The Bertz CT molecular complexity index is 739. The largest absolute Gasteiger partial charge is 0.481 e. The van der Waals surface area contributed by atoms with Gasteiger partial charge in [0.2, 0.25) is 5.95 Å². The maximum Gasteiger partial charge on any atom is 0.327 e. The number of urea groups is 1. The normalized spacial score (nSPS) is 24.6. The number of hydrogen-bond acceptors (Lipinski definition) is 5. The second-order valence-corrected chi connectivity index (χ2v) is 8.13. The van der Waals surface area contributed by atoms with Crippen molar-refractivity contribution in [1.82, 2.24) is 20.2 Å². The third-order valence-corrected chi connectivity index (χ3v) is 6.36. The molecule has 0 aromatic carbocycles. The molecule has 29 heavy (non-hydrogen) atoms. The van der Waals surface area contributed by atoms with Gasteiger partial charge in [0.05, 0.1) is 5.69 Å². The quantitative estimate of drug-likeness (QED) is 0.753. The molecule has 9 heteroatoms. The predicted octanol–water partition coefficient (Wildman–Crippen LogP) is 2.25. The second kappa shape index (κ2) is 9.71. The minimum atomic E-state index is -0.719. The molecular formula is C20H30ClN5O3. The van der Waals surface area contributed by atoms with E-state index < -0.39 is 5.97 Å². The van der Waals surface area contributed by atoms with Gasteiger partial charge < -0.3 is 15.3 Å². The fourth-order valence-electron chi connectivity index (χ4n) is 4.69. The second-order valence-electron chi connectivity index (χ2n) is 8.13. The SMILES string of the molecule is Cl.O=C(O)CC[C@H]1CC[C@H](N2CCN(c3ncc4c(n3)CCNCC4)C2=O)CC1. The van der Waals surface area contributed by atoms with Crippen LogP contribution >= 0.6 is 12.4 Å². The van der Waals surface area contributed by atoms with Crippen LogP contribution in [0.15, 0.2) is 6.20 Å². The Labute approximate surface area is 177 Å². The maximum absolute atomic E-state index is 13.0. The van der Waals surface area contributed by atoms with E-state index in [0.717, 1.165) is 63.7 Å². The molecule has 1 saturated carbocycles. The van der Waals surface area contributed by atoms with Crippen molar-refractivity contribution in [3.8, 4) is 0 Å². The Morgan fingerprint density at radius 3 is 2.69 bits per heavy atom. The third kappa shape index (κ3) is 4.98. The highest BCUT2D eigenvalue weighted by Crippen LogP contribution is 2.32. The number of halogens is 1. The number of fused-ring (bicyclic) bond motifs is 1. The Kier molecular flexibility index (Phi) is 7.29. The number of carboxylic acids is 1. The Balaban J connectivity index is 0.00000240. The lowest BCUT2D eigenvalue weighted by Gasteiger charge is -2.34. The number of carboxylic acid groups (broad SMARTS) is 1. The zero-order chi connectivity index (χ0) is 19.5. The Hall–Kier alpha value is -1.93. The highest BCUT2D eigenvalue weighted by Gasteiger charge is 2.37. The third-order valence-electron chi connectivity index (χ3n) is 6.36. The molecule has 1 saturated heterocycles. The van der Waals surface area contributed by atoms with Crippen molar-refractivity contribution in [3.05, 3.63) is 17.5 Å². The molecule has 0 spiro atoms. The van der Waals surface area contributed by atoms with E-state index in [-0.39, 0.29) is 30.9 Å². The van der Waals surface area contributed by atoms with E-state index >= 15 is 0 Å². The summed E-state index contributed by atoms with van der Waals surface area (Å²) < 4.78 is 0. The summed E-state index contributed by atoms with van der Waals surface area (Å²) in [6.07, 6.45) is 8.61. The van der Waals surface area contributed by atoms with Gasteiger partial charge in [-0.1, -0.05) is 0 Å². The van der Waals surface area contributed by atoms with Gasteiger partial charge in [-0.05, 0) is 56.6 Å². The van der Waals surface area contributed by atoms with E-state index in [1.54, 1.807) is 4.90 Å². The van der Waals surface area contributed by atoms with Gasteiger partial charge in [-0.15, -0.1) is 12.4 Å². The number of nitrogens with one attached hydrogen (secondary N) is 1. The van der Waals surface area contributed by atoms with Gasteiger partial charge in [0.15, 0.2) is 0 Å². The molecular weight excluding hydrogens is 394 g/mol. The molecule has 0 radical (unpaired) electrons. The molecule has 0 atom stereocenters. The monoisotopic (exact) mass is 423 g/mol. The molecule has 8 nitrogen and oxygen atoms in total. The zero-order valence-corrected chi connectivity index (χ0v) is 17.5. The van der Waals surface area contributed by atoms with Crippen LogP contribution in [0.3, 0.4) is 0 Å². The molecule has 1 aliphatic carbocycles. The van der Waals surface area contributed by atoms with Gasteiger partial charge in [0.25, 0.3) is 0 Å². The molecule has 2 aliphatic heterocycles. The summed E-state index contributed by atoms with van der Waals surface area (Å²) in [6, 6.07) is 0.268. The Morgan fingerprint density at radius 1 is 1.17 bits per heavy atom. The number of carbonyl (C=O) groups excluding carboxylic acids is 1. The number of amides is 2. The first-order chi connectivity index (χ1) is 13.6. The minimum Gasteiger partial charge on any atom is -0.481 e. The molecule has 0 bridgehead atoms. The number of carbonyl (C=O) groups is 2. The zero-order valence-electron chi connectivity index (χ0n) is 16.7. The first-order valence-corrected chi connectivity index (χ1v) is 10.5. The molecule has 1 aromatic rings. The van der Waals surface area contributed by atoms with Crippen molar-refractivity contribution in [2.45, 2.75) is 57.4 Å². The van der Waals surface area contributed by atoms with Crippen molar-refractivity contribution >= 4 is 30.4 Å². The van der Waals surface area contributed by atoms with E-state index in [4.69, 9.17) is 10.1 Å². The molecule has 0 unspecified atom stereocenters. The van der Waals surface area contributed by atoms with Gasteiger partial charge in [0.1, 0.15) is 0 Å². The van der Waals surface area contributed by atoms with Crippen molar-refractivity contribution in [1.29, 1.82) is 0 Å². The molecule has 160 valence electrons. The smallest absolute Gasteiger partial charge is 0.327 e. The number of aromatic nitrogens is 2. The van der Waals surface area contributed by atoms with Crippen LogP contribution in [0, 0.1) is 5.92 Å². The van der Waals surface area contributed by atoms with Gasteiger partial charge in [-0.2, -0.15) is 0 Å². The van der Waals surface area contributed by atoms with Gasteiger partial charge in [-0.3, -0.25) is 9.69 Å². The fourth-order valence-corrected chi connectivity index (χ4v) is 4.69. The van der Waals surface area contributed by atoms with E-state index in [2.05, 4.69) is 10.3 Å². The van der Waals surface area contributed by atoms with Gasteiger partial charge in [0, 0.05) is 44.7 Å². The fraction of sp³-hybridized carbons (Fsp3) is 0.700. The summed E-state index contributed by atoms with van der Waals surface area (Å²) in [7, 11) is 0. The molecule has 2 fully saturated rings. The minimum absolute atomic E-state index is 0. The predicted molar refractivity (Wildman–Crippen MR) is 112 cm³/mol. The molecule has 1 aromatic heterocycles. The number of rotatable bonds is 5. The number of anilines is 1. The van der Waals surface area contributed by atoms with Crippen LogP contribution in [0.5, 0.6) is 0 Å². The first-order valence-electron chi connectivity index (χ1n) is 10.5. The topological polar surface area (TPSA) is 98.7 Å². The summed E-state index contributed by atoms with van der Waals surface area (Å²) in [5.74, 6) is 0.287. The summed E-state index contributed by atoms with van der Waals surface area (Å²) in [5.41, 5.74) is 2.23. The lowest BCUT2D eigenvalue weighted by Crippen LogP contribution is -2.41. The van der Waals surface area contributed by atoms with Crippen LogP contribution in [0.1, 0.15) is 49.8 Å². The van der Waals surface area contributed by atoms with Crippen molar-refractivity contribution in [3.63, 3.8) is 0 Å². The van der Waals surface area contributed by atoms with Crippen molar-refractivity contribution in [2.24, 2.45) is 5.92 Å². The summed E-state index contributed by atoms with van der Waals surface area (Å²) in [5, 5.41) is 12.2. The van der Waals surface area contributed by atoms with E-state index in [9.17, 15) is 9.59 Å². The standard InChI is InChI=1S/C20H29N5O3.ClH/c26-18(27)6-3-14-1-4-16(5-2-14)24-11-12-25(20(24)28)19-22-13-15-7-9-21-10-8-17(15)23-19;/h13-14,16,21H,1-12H2,(H,26,27);1H/t14-,16-;. The van der Waals surface area contributed by atoms with Crippen molar-refractivity contribution in [2.75, 3.05) is 31.1 Å². The average molecular weight is 424 g/mol. The highest BCUT2D eigenvalue weighted by molar-refractivity contribution is 5.92. The molecule has 2 N–H and O–H groups in total. The van der Waals surface area contributed by atoms with E-state index in [0.29, 0.717) is 25.0 Å². The molecule has 4 rings (SSSR count). The highest BCUT2D eigenvalue weighted by atomic mass is 35.5. The molecule has 2 amide bonds. The van der Waals surface area contributed by atoms with Crippen LogP contribution in [0.4, 0.5) is 10.7 Å². The summed E-state index contributed by atoms with van der Waals surface area (Å²) in [4.78, 5) is 36.7. The van der Waals surface area contributed by atoms with Crippen molar-refractivity contribution < 1.29 is 14.7 Å². The average Bonchev–Trinajstić information content (AvgIpc) is 2.93. The van der Waals surface area contributed by atoms with Crippen LogP contribution in [0.2, 0.25) is 0 Å². The maximum atomic E-state index is 13.0. The first kappa shape index (κ1) is 21.8. The van der Waals surface area contributed by atoms with E-state index in [1.807, 2.05) is 11.1 Å². The molecule has 3 heterocycles.